The molecule has 1 aromatic rings. The lowest BCUT2D eigenvalue weighted by atomic mass is 10.2. The zero-order valence-electron chi connectivity index (χ0n) is 11.6. The lowest BCUT2D eigenvalue weighted by molar-refractivity contribution is 0.0679. The number of primary sulfonamides is 1. The lowest BCUT2D eigenvalue weighted by Crippen LogP contribution is -2.36. The number of hydrogen-bond acceptors (Lipinski definition) is 4. The molecule has 0 heterocycles. The highest BCUT2D eigenvalue weighted by atomic mass is 32.2. The number of sulfonamides is 1. The van der Waals surface area contributed by atoms with Crippen molar-refractivity contribution in [2.24, 2.45) is 5.14 Å². The van der Waals surface area contributed by atoms with Crippen LogP contribution >= 0.6 is 0 Å². The first-order valence-electron chi connectivity index (χ1n) is 6.46. The molecule has 1 aliphatic rings. The summed E-state index contributed by atoms with van der Waals surface area (Å²) >= 11 is 0. The van der Waals surface area contributed by atoms with E-state index in [1.807, 2.05) is 0 Å². The van der Waals surface area contributed by atoms with Crippen LogP contribution in [0.5, 0.6) is 0 Å². The standard InChI is InChI=1S/C13H17FN2O4S/c1-20-5-4-16(11-2-3-11)13(17)9-6-10(14)8-12(7-9)21(15,18)19/h6-8,11H,2-5H2,1H3,(H2,15,18,19). The largest absolute Gasteiger partial charge is 0.383 e. The van der Waals surface area contributed by atoms with Crippen molar-refractivity contribution in [1.29, 1.82) is 0 Å². The second-order valence-corrected chi connectivity index (χ2v) is 6.50. The summed E-state index contributed by atoms with van der Waals surface area (Å²) in [5, 5.41) is 4.98. The Morgan fingerprint density at radius 1 is 1.43 bits per heavy atom. The SMILES string of the molecule is COCCN(C(=O)c1cc(F)cc(S(N)(=O)=O)c1)C1CC1. The minimum absolute atomic E-state index is 0.0259. The van der Waals surface area contributed by atoms with Crippen molar-refractivity contribution in [3.63, 3.8) is 0 Å². The van der Waals surface area contributed by atoms with Gasteiger partial charge in [-0.2, -0.15) is 0 Å². The van der Waals surface area contributed by atoms with E-state index in [-0.39, 0.29) is 11.6 Å². The van der Waals surface area contributed by atoms with Crippen LogP contribution in [0.1, 0.15) is 23.2 Å². The lowest BCUT2D eigenvalue weighted by Gasteiger charge is -2.22. The van der Waals surface area contributed by atoms with Crippen molar-refractivity contribution < 1.29 is 22.3 Å². The second-order valence-electron chi connectivity index (χ2n) is 4.94. The molecule has 1 aliphatic carbocycles. The Morgan fingerprint density at radius 2 is 2.10 bits per heavy atom. The fraction of sp³-hybridized carbons (Fsp3) is 0.462. The summed E-state index contributed by atoms with van der Waals surface area (Å²) in [6.45, 7) is 0.737. The van der Waals surface area contributed by atoms with E-state index in [0.717, 1.165) is 31.0 Å². The second kappa shape index (κ2) is 6.08. The molecule has 0 unspecified atom stereocenters. The summed E-state index contributed by atoms with van der Waals surface area (Å²) in [7, 11) is -2.54. The van der Waals surface area contributed by atoms with Crippen LogP contribution in [-0.2, 0) is 14.8 Å². The van der Waals surface area contributed by atoms with Gasteiger partial charge in [0.2, 0.25) is 10.0 Å². The summed E-state index contributed by atoms with van der Waals surface area (Å²) in [5.74, 6) is -1.23. The van der Waals surface area contributed by atoms with Crippen molar-refractivity contribution in [2.75, 3.05) is 20.3 Å². The maximum atomic E-state index is 13.5. The zero-order chi connectivity index (χ0) is 15.6. The summed E-state index contributed by atoms with van der Waals surface area (Å²) in [6, 6.07) is 3.01. The predicted octanol–water partition coefficient (Wildman–Crippen LogP) is 0.724. The molecule has 1 amide bonds. The number of ether oxygens (including phenoxy) is 1. The Bertz CT molecular complexity index is 644. The Balaban J connectivity index is 2.31. The van der Waals surface area contributed by atoms with Crippen molar-refractivity contribution in [3.05, 3.63) is 29.6 Å². The highest BCUT2D eigenvalue weighted by Crippen LogP contribution is 2.28. The van der Waals surface area contributed by atoms with Gasteiger partial charge in [-0.1, -0.05) is 0 Å². The average Bonchev–Trinajstić information content (AvgIpc) is 3.22. The fourth-order valence-corrected chi connectivity index (χ4v) is 2.61. The third kappa shape index (κ3) is 3.99. The number of rotatable bonds is 6. The van der Waals surface area contributed by atoms with E-state index < -0.39 is 26.6 Å². The minimum Gasteiger partial charge on any atom is -0.383 e. The molecule has 0 atom stereocenters. The molecule has 2 rings (SSSR count). The number of halogens is 1. The van der Waals surface area contributed by atoms with Gasteiger partial charge in [0, 0.05) is 25.3 Å². The third-order valence-corrected chi connectivity index (χ3v) is 4.12. The summed E-state index contributed by atoms with van der Waals surface area (Å²) in [5.41, 5.74) is -0.0259. The van der Waals surface area contributed by atoms with E-state index in [1.54, 1.807) is 4.90 Å². The predicted molar refractivity (Wildman–Crippen MR) is 73.7 cm³/mol. The first-order chi connectivity index (χ1) is 9.82. The molecule has 0 radical (unpaired) electrons. The molecule has 0 spiro atoms. The highest BCUT2D eigenvalue weighted by Gasteiger charge is 2.33. The third-order valence-electron chi connectivity index (χ3n) is 3.23. The van der Waals surface area contributed by atoms with Gasteiger partial charge in [0.1, 0.15) is 5.82 Å². The van der Waals surface area contributed by atoms with E-state index in [1.165, 1.54) is 7.11 Å². The smallest absolute Gasteiger partial charge is 0.254 e. The number of nitrogens with two attached hydrogens (primary N) is 1. The van der Waals surface area contributed by atoms with Crippen LogP contribution in [0.15, 0.2) is 23.1 Å². The van der Waals surface area contributed by atoms with Crippen molar-refractivity contribution in [3.8, 4) is 0 Å². The molecular weight excluding hydrogens is 299 g/mol. The van der Waals surface area contributed by atoms with E-state index in [4.69, 9.17) is 9.88 Å². The summed E-state index contributed by atoms with van der Waals surface area (Å²) in [6.07, 6.45) is 1.76. The molecule has 116 valence electrons. The molecule has 21 heavy (non-hydrogen) atoms. The van der Waals surface area contributed by atoms with E-state index >= 15 is 0 Å². The van der Waals surface area contributed by atoms with Crippen LogP contribution in [0.3, 0.4) is 0 Å². The quantitative estimate of drug-likeness (QED) is 0.837. The summed E-state index contributed by atoms with van der Waals surface area (Å²) in [4.78, 5) is 13.6. The Labute approximate surface area is 122 Å². The Kier molecular flexibility index (Phi) is 4.60. The molecule has 6 nitrogen and oxygen atoms in total. The maximum Gasteiger partial charge on any atom is 0.254 e. The summed E-state index contributed by atoms with van der Waals surface area (Å²) < 4.78 is 41.1. The first kappa shape index (κ1) is 15.9. The molecule has 0 saturated heterocycles. The monoisotopic (exact) mass is 316 g/mol. The molecule has 1 aromatic carbocycles. The van der Waals surface area contributed by atoms with E-state index in [9.17, 15) is 17.6 Å². The number of carbonyl (C=O) groups is 1. The molecule has 8 heteroatoms. The van der Waals surface area contributed by atoms with Gasteiger partial charge in [-0.05, 0) is 31.0 Å². The van der Waals surface area contributed by atoms with Crippen molar-refractivity contribution >= 4 is 15.9 Å². The number of hydrogen-bond donors (Lipinski definition) is 1. The minimum atomic E-state index is -4.06. The molecule has 0 aliphatic heterocycles. The zero-order valence-corrected chi connectivity index (χ0v) is 12.4. The van der Waals surface area contributed by atoms with Crippen LogP contribution in [0.2, 0.25) is 0 Å². The van der Waals surface area contributed by atoms with Crippen LogP contribution in [-0.4, -0.2) is 45.5 Å². The van der Waals surface area contributed by atoms with Gasteiger partial charge >= 0.3 is 0 Å². The number of carbonyl (C=O) groups excluding carboxylic acids is 1. The van der Waals surface area contributed by atoms with Gasteiger partial charge in [-0.3, -0.25) is 4.79 Å². The number of benzene rings is 1. The van der Waals surface area contributed by atoms with E-state index in [2.05, 4.69) is 0 Å². The highest BCUT2D eigenvalue weighted by molar-refractivity contribution is 7.89. The van der Waals surface area contributed by atoms with Crippen LogP contribution < -0.4 is 5.14 Å². The molecule has 1 fully saturated rings. The van der Waals surface area contributed by atoms with Gasteiger partial charge in [0.05, 0.1) is 11.5 Å². The van der Waals surface area contributed by atoms with Gasteiger partial charge in [0.25, 0.3) is 5.91 Å². The molecule has 1 saturated carbocycles. The topological polar surface area (TPSA) is 89.7 Å². The molecule has 2 N–H and O–H groups in total. The van der Waals surface area contributed by atoms with E-state index in [0.29, 0.717) is 13.2 Å². The Hall–Kier alpha value is -1.51. The van der Waals surface area contributed by atoms with Gasteiger partial charge < -0.3 is 9.64 Å². The van der Waals surface area contributed by atoms with Crippen molar-refractivity contribution in [2.45, 2.75) is 23.8 Å². The fourth-order valence-electron chi connectivity index (χ4n) is 2.04. The number of methoxy groups -OCH3 is 1. The van der Waals surface area contributed by atoms with Gasteiger partial charge in [-0.25, -0.2) is 17.9 Å². The maximum absolute atomic E-state index is 13.5. The normalized spacial score (nSPS) is 15.0. The molecular formula is C13H17FN2O4S. The van der Waals surface area contributed by atoms with Gasteiger partial charge in [0.15, 0.2) is 0 Å². The van der Waals surface area contributed by atoms with Crippen LogP contribution in [0, 0.1) is 5.82 Å². The number of nitrogens with zero attached hydrogens (tertiary/aromatic N) is 1. The van der Waals surface area contributed by atoms with Crippen LogP contribution in [0.4, 0.5) is 4.39 Å². The molecule has 0 bridgehead atoms. The number of amides is 1. The average molecular weight is 316 g/mol. The molecule has 0 aromatic heterocycles. The Morgan fingerprint density at radius 3 is 2.62 bits per heavy atom. The first-order valence-corrected chi connectivity index (χ1v) is 8.01. The van der Waals surface area contributed by atoms with Crippen LogP contribution in [0.25, 0.3) is 0 Å². The van der Waals surface area contributed by atoms with Gasteiger partial charge in [-0.15, -0.1) is 0 Å². The van der Waals surface area contributed by atoms with Crippen molar-refractivity contribution in [1.82, 2.24) is 4.90 Å².